The molecule has 6 aromatic rings. The van der Waals surface area contributed by atoms with Crippen LogP contribution in [0.4, 0.5) is 0 Å². The van der Waals surface area contributed by atoms with Crippen LogP contribution in [0.2, 0.25) is 0 Å². The number of rotatable bonds is 18. The standard InChI is InChI=1S/C53H52O4/c1-9-26-54-49-24-22-43(30-36(49)5)45-32-38(7)52(56-28-11-3)47(34-45)51(42-20-18-41(19-21-42)40-16-14-13-15-17-40)48-35-46(33-39(8)53(48)57-29-12-4)44-23-25-50(37(6)31-44)55-27-10-2/h9-25,30-35,51H,1-4,26-29H2,5-8H3. The summed E-state index contributed by atoms with van der Waals surface area (Å²) in [4.78, 5) is 0. The molecule has 0 aliphatic carbocycles. The normalized spacial score (nSPS) is 10.8. The summed E-state index contributed by atoms with van der Waals surface area (Å²) in [6.45, 7) is 25.6. The van der Waals surface area contributed by atoms with E-state index in [0.717, 1.165) is 95.3 Å². The summed E-state index contributed by atoms with van der Waals surface area (Å²) >= 11 is 0. The lowest BCUT2D eigenvalue weighted by Crippen LogP contribution is -2.12. The van der Waals surface area contributed by atoms with Crippen molar-refractivity contribution < 1.29 is 18.9 Å². The smallest absolute Gasteiger partial charge is 0.126 e. The molecule has 0 aliphatic heterocycles. The Kier molecular flexibility index (Phi) is 13.3. The third-order valence-electron chi connectivity index (χ3n) is 10.0. The number of hydrogen-bond acceptors (Lipinski definition) is 4. The minimum atomic E-state index is -0.292. The Morgan fingerprint density at radius 3 is 1.21 bits per heavy atom. The summed E-state index contributed by atoms with van der Waals surface area (Å²) in [7, 11) is 0. The summed E-state index contributed by atoms with van der Waals surface area (Å²) < 4.78 is 25.1. The Labute approximate surface area is 339 Å². The Balaban J connectivity index is 1.62. The third kappa shape index (κ3) is 9.31. The molecule has 0 fully saturated rings. The van der Waals surface area contributed by atoms with Gasteiger partial charge in [-0.3, -0.25) is 0 Å². The van der Waals surface area contributed by atoms with Gasteiger partial charge in [0.2, 0.25) is 0 Å². The second-order valence-electron chi connectivity index (χ2n) is 14.2. The van der Waals surface area contributed by atoms with Crippen molar-refractivity contribution in [3.8, 4) is 56.4 Å². The summed E-state index contributed by atoms with van der Waals surface area (Å²) in [5.74, 6) is 3.01. The van der Waals surface area contributed by atoms with Gasteiger partial charge in [0.15, 0.2) is 0 Å². The molecule has 6 aromatic carbocycles. The maximum atomic E-state index is 6.61. The van der Waals surface area contributed by atoms with Gasteiger partial charge in [-0.15, -0.1) is 0 Å². The van der Waals surface area contributed by atoms with Gasteiger partial charge < -0.3 is 18.9 Å². The second kappa shape index (κ2) is 18.9. The minimum Gasteiger partial charge on any atom is -0.489 e. The summed E-state index contributed by atoms with van der Waals surface area (Å²) in [6.07, 6.45) is 7.10. The van der Waals surface area contributed by atoms with Crippen molar-refractivity contribution in [1.29, 1.82) is 0 Å². The van der Waals surface area contributed by atoms with E-state index in [-0.39, 0.29) is 5.92 Å². The van der Waals surface area contributed by atoms with Crippen molar-refractivity contribution >= 4 is 0 Å². The van der Waals surface area contributed by atoms with Crippen LogP contribution in [0, 0.1) is 27.7 Å². The van der Waals surface area contributed by atoms with Crippen LogP contribution >= 0.6 is 0 Å². The molecule has 0 radical (unpaired) electrons. The fourth-order valence-electron chi connectivity index (χ4n) is 7.35. The highest BCUT2D eigenvalue weighted by molar-refractivity contribution is 5.74. The van der Waals surface area contributed by atoms with Crippen LogP contribution in [0.5, 0.6) is 23.0 Å². The highest BCUT2D eigenvalue weighted by Crippen LogP contribution is 2.47. The van der Waals surface area contributed by atoms with E-state index in [2.05, 4.69) is 151 Å². The lowest BCUT2D eigenvalue weighted by molar-refractivity contribution is 0.350. The van der Waals surface area contributed by atoms with E-state index in [4.69, 9.17) is 18.9 Å². The van der Waals surface area contributed by atoms with Crippen LogP contribution in [-0.4, -0.2) is 26.4 Å². The van der Waals surface area contributed by atoms with Crippen molar-refractivity contribution in [1.82, 2.24) is 0 Å². The molecule has 0 saturated carbocycles. The van der Waals surface area contributed by atoms with Crippen molar-refractivity contribution in [2.24, 2.45) is 0 Å². The lowest BCUT2D eigenvalue weighted by atomic mass is 9.80. The first kappa shape index (κ1) is 40.2. The molecule has 57 heavy (non-hydrogen) atoms. The minimum absolute atomic E-state index is 0.292. The predicted molar refractivity (Wildman–Crippen MR) is 238 cm³/mol. The zero-order chi connectivity index (χ0) is 40.3. The topological polar surface area (TPSA) is 36.9 Å². The van der Waals surface area contributed by atoms with Gasteiger partial charge in [-0.25, -0.2) is 0 Å². The van der Waals surface area contributed by atoms with Gasteiger partial charge in [0.05, 0.1) is 0 Å². The number of hydrogen-bond donors (Lipinski definition) is 0. The maximum absolute atomic E-state index is 6.61. The second-order valence-corrected chi connectivity index (χ2v) is 14.2. The summed E-state index contributed by atoms with van der Waals surface area (Å²) in [5, 5.41) is 0. The highest BCUT2D eigenvalue weighted by atomic mass is 16.5. The summed E-state index contributed by atoms with van der Waals surface area (Å²) in [6, 6.07) is 41.0. The van der Waals surface area contributed by atoms with Crippen molar-refractivity contribution in [2.75, 3.05) is 26.4 Å². The van der Waals surface area contributed by atoms with Crippen LogP contribution in [0.15, 0.2) is 166 Å². The maximum Gasteiger partial charge on any atom is 0.126 e. The zero-order valence-corrected chi connectivity index (χ0v) is 33.6. The van der Waals surface area contributed by atoms with Crippen LogP contribution in [-0.2, 0) is 0 Å². The van der Waals surface area contributed by atoms with Crippen molar-refractivity contribution in [3.63, 3.8) is 0 Å². The molecule has 0 saturated heterocycles. The zero-order valence-electron chi connectivity index (χ0n) is 33.6. The molecule has 0 bridgehead atoms. The van der Waals surface area contributed by atoms with Crippen molar-refractivity contribution in [3.05, 3.63) is 205 Å². The van der Waals surface area contributed by atoms with E-state index in [1.165, 1.54) is 0 Å². The molecule has 6 rings (SSSR count). The van der Waals surface area contributed by atoms with E-state index < -0.39 is 0 Å². The Bertz CT molecular complexity index is 2240. The van der Waals surface area contributed by atoms with E-state index >= 15 is 0 Å². The van der Waals surface area contributed by atoms with Gasteiger partial charge in [-0.2, -0.15) is 0 Å². The van der Waals surface area contributed by atoms with E-state index in [0.29, 0.717) is 26.4 Å². The molecule has 4 nitrogen and oxygen atoms in total. The summed E-state index contributed by atoms with van der Waals surface area (Å²) in [5.41, 5.74) is 13.9. The van der Waals surface area contributed by atoms with Crippen LogP contribution in [0.25, 0.3) is 33.4 Å². The molecule has 4 heteroatoms. The van der Waals surface area contributed by atoms with Gasteiger partial charge in [-0.05, 0) is 137 Å². The fraction of sp³-hybridized carbons (Fsp3) is 0.170. The monoisotopic (exact) mass is 752 g/mol. The molecule has 0 atom stereocenters. The number of ether oxygens (including phenoxy) is 4. The molecule has 288 valence electrons. The van der Waals surface area contributed by atoms with Gasteiger partial charge in [-0.1, -0.05) is 117 Å². The first-order valence-electron chi connectivity index (χ1n) is 19.4. The molecule has 0 amide bonds. The highest BCUT2D eigenvalue weighted by Gasteiger charge is 2.28. The lowest BCUT2D eigenvalue weighted by Gasteiger charge is -2.27. The van der Waals surface area contributed by atoms with Crippen molar-refractivity contribution in [2.45, 2.75) is 33.6 Å². The average Bonchev–Trinajstić information content (AvgIpc) is 3.22. The largest absolute Gasteiger partial charge is 0.489 e. The number of aryl methyl sites for hydroxylation is 4. The first-order valence-corrected chi connectivity index (χ1v) is 19.4. The molecule has 0 heterocycles. The molecule has 0 aromatic heterocycles. The average molecular weight is 753 g/mol. The molecule has 0 aliphatic rings. The Hall–Kier alpha value is -6.52. The third-order valence-corrected chi connectivity index (χ3v) is 10.0. The quantitative estimate of drug-likeness (QED) is 0.0647. The van der Waals surface area contributed by atoms with E-state index in [9.17, 15) is 0 Å². The van der Waals surface area contributed by atoms with Gasteiger partial charge in [0, 0.05) is 17.0 Å². The Morgan fingerprint density at radius 2 is 0.789 bits per heavy atom. The Morgan fingerprint density at radius 1 is 0.404 bits per heavy atom. The molecular formula is C53H52O4. The molecule has 0 N–H and O–H groups in total. The van der Waals surface area contributed by atoms with Gasteiger partial charge in [0.1, 0.15) is 49.4 Å². The first-order chi connectivity index (χ1) is 27.8. The predicted octanol–water partition coefficient (Wildman–Crippen LogP) is 13.4. The molecule has 0 spiro atoms. The van der Waals surface area contributed by atoms with Gasteiger partial charge >= 0.3 is 0 Å². The fourth-order valence-corrected chi connectivity index (χ4v) is 7.35. The molecule has 0 unspecified atom stereocenters. The van der Waals surface area contributed by atoms with Crippen LogP contribution in [0.1, 0.15) is 44.9 Å². The van der Waals surface area contributed by atoms with E-state index in [1.807, 2.05) is 18.2 Å². The van der Waals surface area contributed by atoms with Crippen LogP contribution < -0.4 is 18.9 Å². The number of benzene rings is 6. The van der Waals surface area contributed by atoms with Gasteiger partial charge in [0.25, 0.3) is 0 Å². The van der Waals surface area contributed by atoms with E-state index in [1.54, 1.807) is 24.3 Å². The SMILES string of the molecule is C=CCOc1ccc(-c2cc(C)c(OCC=C)c(C(c3ccc(-c4ccccc4)cc3)c3cc(-c4ccc(OCC=C)c(C)c4)cc(C)c3OCC=C)c2)cc1C. The molecular weight excluding hydrogens is 701 g/mol. The van der Waals surface area contributed by atoms with Crippen LogP contribution in [0.3, 0.4) is 0 Å².